The normalized spacial score (nSPS) is 9.79. The van der Waals surface area contributed by atoms with Crippen molar-refractivity contribution in [1.29, 1.82) is 0 Å². The first-order valence-electron chi connectivity index (χ1n) is 4.53. The van der Waals surface area contributed by atoms with Gasteiger partial charge in [0.05, 0.1) is 13.2 Å². The molecule has 5 heteroatoms. The van der Waals surface area contributed by atoms with E-state index in [1.165, 1.54) is 12.0 Å². The number of methoxy groups -OCH3 is 1. The minimum absolute atomic E-state index is 0.0709. The number of nitrogens with zero attached hydrogens (tertiary/aromatic N) is 1. The second-order valence-corrected chi connectivity index (χ2v) is 3.02. The lowest BCUT2D eigenvalue weighted by molar-refractivity contribution is -0.141. The summed E-state index contributed by atoms with van der Waals surface area (Å²) in [6.07, 6.45) is -0.679. The number of carbonyl (C=O) groups is 2. The third-order valence-corrected chi connectivity index (χ3v) is 1.52. The molecule has 0 unspecified atom stereocenters. The maximum absolute atomic E-state index is 11.3. The van der Waals surface area contributed by atoms with Crippen LogP contribution in [0.25, 0.3) is 0 Å². The van der Waals surface area contributed by atoms with Crippen molar-refractivity contribution < 1.29 is 19.1 Å². The molecule has 0 aliphatic rings. The van der Waals surface area contributed by atoms with E-state index in [2.05, 4.69) is 4.74 Å². The molecular weight excluding hydrogens is 186 g/mol. The van der Waals surface area contributed by atoms with E-state index in [1.807, 2.05) is 0 Å². The predicted octanol–water partition coefficient (Wildman–Crippen LogP) is 1.03. The summed E-state index contributed by atoms with van der Waals surface area (Å²) >= 11 is 0. The van der Waals surface area contributed by atoms with Crippen molar-refractivity contribution in [1.82, 2.24) is 4.90 Å². The van der Waals surface area contributed by atoms with Crippen molar-refractivity contribution >= 4 is 12.1 Å². The fraction of sp³-hybridized carbons (Fsp3) is 0.778. The van der Waals surface area contributed by atoms with Crippen molar-refractivity contribution in [3.63, 3.8) is 0 Å². The zero-order valence-corrected chi connectivity index (χ0v) is 9.07. The topological polar surface area (TPSA) is 55.8 Å². The standard InChI is InChI=1S/C9H17NO4/c1-5-10(6-8(11)13-4)9(12)14-7(2)3/h7H,5-6H2,1-4H3. The number of esters is 1. The van der Waals surface area contributed by atoms with Crippen molar-refractivity contribution in [3.8, 4) is 0 Å². The Balaban J connectivity index is 4.12. The van der Waals surface area contributed by atoms with Gasteiger partial charge in [0.25, 0.3) is 0 Å². The molecule has 0 atom stereocenters. The highest BCUT2D eigenvalue weighted by molar-refractivity contribution is 5.77. The van der Waals surface area contributed by atoms with Crippen LogP contribution in [0.5, 0.6) is 0 Å². The highest BCUT2D eigenvalue weighted by atomic mass is 16.6. The molecule has 0 saturated heterocycles. The first-order valence-corrected chi connectivity index (χ1v) is 4.53. The van der Waals surface area contributed by atoms with E-state index >= 15 is 0 Å². The van der Waals surface area contributed by atoms with Crippen molar-refractivity contribution in [3.05, 3.63) is 0 Å². The number of hydrogen-bond donors (Lipinski definition) is 0. The zero-order chi connectivity index (χ0) is 11.1. The van der Waals surface area contributed by atoms with Gasteiger partial charge in [-0.15, -0.1) is 0 Å². The molecule has 14 heavy (non-hydrogen) atoms. The van der Waals surface area contributed by atoms with Gasteiger partial charge in [-0.1, -0.05) is 0 Å². The van der Waals surface area contributed by atoms with E-state index in [4.69, 9.17) is 4.74 Å². The van der Waals surface area contributed by atoms with E-state index in [-0.39, 0.29) is 12.6 Å². The SMILES string of the molecule is CCN(CC(=O)OC)C(=O)OC(C)C. The molecular formula is C9H17NO4. The Morgan fingerprint density at radius 1 is 1.36 bits per heavy atom. The van der Waals surface area contributed by atoms with Crippen LogP contribution in [0.4, 0.5) is 4.79 Å². The number of carbonyl (C=O) groups excluding carboxylic acids is 2. The molecule has 0 heterocycles. The van der Waals surface area contributed by atoms with Crippen molar-refractivity contribution in [2.24, 2.45) is 0 Å². The molecule has 0 fully saturated rings. The number of ether oxygens (including phenoxy) is 2. The summed E-state index contributed by atoms with van der Waals surface area (Å²) in [5.74, 6) is -0.451. The van der Waals surface area contributed by atoms with Gasteiger partial charge in [-0.25, -0.2) is 4.79 Å². The Kier molecular flexibility index (Phi) is 5.67. The van der Waals surface area contributed by atoms with E-state index < -0.39 is 12.1 Å². The van der Waals surface area contributed by atoms with Crippen LogP contribution in [0.1, 0.15) is 20.8 Å². The van der Waals surface area contributed by atoms with Gasteiger partial charge in [0.15, 0.2) is 0 Å². The third kappa shape index (κ3) is 4.69. The fourth-order valence-corrected chi connectivity index (χ4v) is 0.802. The first-order chi connectivity index (χ1) is 6.51. The van der Waals surface area contributed by atoms with Gasteiger partial charge in [-0.05, 0) is 20.8 Å². The smallest absolute Gasteiger partial charge is 0.410 e. The summed E-state index contributed by atoms with van der Waals surface area (Å²) in [6.45, 7) is 5.62. The Morgan fingerprint density at radius 3 is 2.29 bits per heavy atom. The Hall–Kier alpha value is -1.26. The largest absolute Gasteiger partial charge is 0.468 e. The molecule has 0 aromatic heterocycles. The van der Waals surface area contributed by atoms with Gasteiger partial charge in [-0.2, -0.15) is 0 Å². The summed E-state index contributed by atoms with van der Waals surface area (Å²) in [4.78, 5) is 23.5. The predicted molar refractivity (Wildman–Crippen MR) is 50.9 cm³/mol. The van der Waals surface area contributed by atoms with Gasteiger partial charge in [0.2, 0.25) is 0 Å². The molecule has 0 spiro atoms. The lowest BCUT2D eigenvalue weighted by Gasteiger charge is -2.20. The number of hydrogen-bond acceptors (Lipinski definition) is 4. The second-order valence-electron chi connectivity index (χ2n) is 3.02. The van der Waals surface area contributed by atoms with Crippen LogP contribution < -0.4 is 0 Å². The van der Waals surface area contributed by atoms with Crippen LogP contribution in [0.3, 0.4) is 0 Å². The maximum Gasteiger partial charge on any atom is 0.410 e. The van der Waals surface area contributed by atoms with Gasteiger partial charge in [0, 0.05) is 6.54 Å². The highest BCUT2D eigenvalue weighted by Gasteiger charge is 2.17. The van der Waals surface area contributed by atoms with Gasteiger partial charge in [0.1, 0.15) is 6.54 Å². The molecule has 5 nitrogen and oxygen atoms in total. The lowest BCUT2D eigenvalue weighted by atomic mass is 10.5. The highest BCUT2D eigenvalue weighted by Crippen LogP contribution is 1.98. The summed E-state index contributed by atoms with van der Waals surface area (Å²) in [5, 5.41) is 0. The lowest BCUT2D eigenvalue weighted by Crippen LogP contribution is -2.37. The van der Waals surface area contributed by atoms with Gasteiger partial charge in [-0.3, -0.25) is 9.69 Å². The van der Waals surface area contributed by atoms with Gasteiger partial charge < -0.3 is 9.47 Å². The van der Waals surface area contributed by atoms with E-state index in [1.54, 1.807) is 20.8 Å². The number of rotatable bonds is 4. The number of amides is 1. The quantitative estimate of drug-likeness (QED) is 0.640. The molecule has 0 aromatic rings. The van der Waals surface area contributed by atoms with E-state index in [0.29, 0.717) is 6.54 Å². The Bertz CT molecular complexity index is 203. The molecule has 0 aliphatic heterocycles. The zero-order valence-electron chi connectivity index (χ0n) is 9.07. The molecule has 1 amide bonds. The molecule has 82 valence electrons. The molecule has 0 rings (SSSR count). The molecule has 0 bridgehead atoms. The molecule has 0 aromatic carbocycles. The molecule has 0 saturated carbocycles. The molecule has 0 radical (unpaired) electrons. The van der Waals surface area contributed by atoms with E-state index in [9.17, 15) is 9.59 Å². The van der Waals surface area contributed by atoms with Crippen LogP contribution in [-0.2, 0) is 14.3 Å². The third-order valence-electron chi connectivity index (χ3n) is 1.52. The molecule has 0 aliphatic carbocycles. The van der Waals surface area contributed by atoms with Crippen LogP contribution in [0.15, 0.2) is 0 Å². The summed E-state index contributed by atoms with van der Waals surface area (Å²) in [7, 11) is 1.28. The Labute approximate surface area is 84.0 Å². The second kappa shape index (κ2) is 6.23. The maximum atomic E-state index is 11.3. The monoisotopic (exact) mass is 203 g/mol. The minimum Gasteiger partial charge on any atom is -0.468 e. The number of likely N-dealkylation sites (N-methyl/N-ethyl adjacent to an activating group) is 1. The summed E-state index contributed by atoms with van der Waals surface area (Å²) in [6, 6.07) is 0. The summed E-state index contributed by atoms with van der Waals surface area (Å²) in [5.41, 5.74) is 0. The van der Waals surface area contributed by atoms with Crippen LogP contribution in [0, 0.1) is 0 Å². The average Bonchev–Trinajstić information content (AvgIpc) is 2.12. The van der Waals surface area contributed by atoms with Crippen LogP contribution >= 0.6 is 0 Å². The fourth-order valence-electron chi connectivity index (χ4n) is 0.802. The van der Waals surface area contributed by atoms with Crippen molar-refractivity contribution in [2.75, 3.05) is 20.2 Å². The van der Waals surface area contributed by atoms with Crippen molar-refractivity contribution in [2.45, 2.75) is 26.9 Å². The van der Waals surface area contributed by atoms with Crippen LogP contribution in [-0.4, -0.2) is 43.3 Å². The molecule has 0 N–H and O–H groups in total. The average molecular weight is 203 g/mol. The minimum atomic E-state index is -0.493. The Morgan fingerprint density at radius 2 is 1.93 bits per heavy atom. The van der Waals surface area contributed by atoms with Gasteiger partial charge >= 0.3 is 12.1 Å². The summed E-state index contributed by atoms with van der Waals surface area (Å²) < 4.78 is 9.38. The first kappa shape index (κ1) is 12.7. The van der Waals surface area contributed by atoms with E-state index in [0.717, 1.165) is 0 Å². The van der Waals surface area contributed by atoms with Crippen LogP contribution in [0.2, 0.25) is 0 Å².